The molecule has 0 aliphatic rings. The molecule has 0 fully saturated rings. The number of carbonyl (C=O) groups excluding carboxylic acids is 2. The second kappa shape index (κ2) is 11.5. The van der Waals surface area contributed by atoms with Crippen LogP contribution in [-0.4, -0.2) is 26.3 Å². The van der Waals surface area contributed by atoms with Gasteiger partial charge >= 0.3 is 6.18 Å². The van der Waals surface area contributed by atoms with E-state index < -0.39 is 23.6 Å². The maximum Gasteiger partial charge on any atom is 0.416 e. The topological polar surface area (TPSA) is 88.9 Å². The number of halogens is 3. The lowest BCUT2D eigenvalue weighted by Gasteiger charge is -2.11. The molecule has 0 spiro atoms. The van der Waals surface area contributed by atoms with Crippen LogP contribution < -0.4 is 10.6 Å². The van der Waals surface area contributed by atoms with Crippen LogP contribution in [0.5, 0.6) is 0 Å². The van der Waals surface area contributed by atoms with Crippen molar-refractivity contribution in [3.05, 3.63) is 126 Å². The molecule has 2 amide bonds. The molecule has 0 bridgehead atoms. The van der Waals surface area contributed by atoms with Crippen molar-refractivity contribution >= 4 is 17.6 Å². The standard InChI is InChI=1S/C31H24F3N5O2/c1-39-19-27(37-28(39)30(41)36-18-20-6-8-21(9-7-20)22-14-16-35-17-15-22)38-29(40)26-5-3-2-4-25(26)23-10-12-24(13-11-23)31(32,33)34/h2-17,19H,18H2,1H3,(H,36,41)(H,38,40). The van der Waals surface area contributed by atoms with E-state index in [-0.39, 0.29) is 23.8 Å². The molecule has 0 saturated heterocycles. The molecule has 2 aromatic heterocycles. The average molecular weight is 556 g/mol. The lowest BCUT2D eigenvalue weighted by atomic mass is 9.98. The average Bonchev–Trinajstić information content (AvgIpc) is 3.35. The van der Waals surface area contributed by atoms with Crippen molar-refractivity contribution in [2.75, 3.05) is 5.32 Å². The van der Waals surface area contributed by atoms with Crippen molar-refractivity contribution < 1.29 is 22.8 Å². The zero-order valence-electron chi connectivity index (χ0n) is 21.8. The van der Waals surface area contributed by atoms with E-state index in [1.807, 2.05) is 36.4 Å². The highest BCUT2D eigenvalue weighted by molar-refractivity contribution is 6.08. The van der Waals surface area contributed by atoms with Crippen molar-refractivity contribution in [3.8, 4) is 22.3 Å². The summed E-state index contributed by atoms with van der Waals surface area (Å²) in [7, 11) is 1.64. The molecule has 5 rings (SSSR count). The Morgan fingerprint density at radius 3 is 2.12 bits per heavy atom. The van der Waals surface area contributed by atoms with E-state index in [0.29, 0.717) is 11.1 Å². The fourth-order valence-electron chi connectivity index (χ4n) is 4.31. The van der Waals surface area contributed by atoms with Crippen LogP contribution in [0.15, 0.2) is 104 Å². The predicted octanol–water partition coefficient (Wildman–Crippen LogP) is 6.35. The Balaban J connectivity index is 1.25. The molecule has 0 radical (unpaired) electrons. The van der Waals surface area contributed by atoms with Crippen LogP contribution >= 0.6 is 0 Å². The summed E-state index contributed by atoms with van der Waals surface area (Å²) in [6, 6.07) is 22.8. The molecule has 0 aliphatic heterocycles. The van der Waals surface area contributed by atoms with Crippen LogP contribution in [0.1, 0.15) is 32.1 Å². The van der Waals surface area contributed by atoms with E-state index in [4.69, 9.17) is 0 Å². The number of rotatable bonds is 7. The predicted molar refractivity (Wildman–Crippen MR) is 149 cm³/mol. The van der Waals surface area contributed by atoms with Gasteiger partial charge in [0.25, 0.3) is 11.8 Å². The number of benzene rings is 3. The zero-order valence-corrected chi connectivity index (χ0v) is 21.8. The van der Waals surface area contributed by atoms with Crippen LogP contribution in [-0.2, 0) is 19.8 Å². The second-order valence-corrected chi connectivity index (χ2v) is 9.25. The van der Waals surface area contributed by atoms with Crippen LogP contribution in [0.4, 0.5) is 19.0 Å². The Bertz CT molecular complexity index is 1680. The van der Waals surface area contributed by atoms with Gasteiger partial charge in [-0.3, -0.25) is 14.6 Å². The quantitative estimate of drug-likeness (QED) is 0.245. The van der Waals surface area contributed by atoms with Gasteiger partial charge in [0, 0.05) is 37.7 Å². The number of carbonyl (C=O) groups is 2. The van der Waals surface area contributed by atoms with Gasteiger partial charge < -0.3 is 15.2 Å². The largest absolute Gasteiger partial charge is 0.416 e. The first-order valence-corrected chi connectivity index (χ1v) is 12.6. The van der Waals surface area contributed by atoms with Gasteiger partial charge in [0.2, 0.25) is 5.82 Å². The minimum Gasteiger partial charge on any atom is -0.345 e. The minimum atomic E-state index is -4.45. The number of pyridine rings is 1. The van der Waals surface area contributed by atoms with Gasteiger partial charge in [-0.25, -0.2) is 4.98 Å². The summed E-state index contributed by atoms with van der Waals surface area (Å²) in [5.41, 5.74) is 3.37. The number of amides is 2. The number of anilines is 1. The normalized spacial score (nSPS) is 11.2. The molecular formula is C31H24F3N5O2. The number of aromatic nitrogens is 3. The number of alkyl halides is 3. The van der Waals surface area contributed by atoms with E-state index in [2.05, 4.69) is 20.6 Å². The van der Waals surface area contributed by atoms with Gasteiger partial charge in [-0.05, 0) is 58.1 Å². The summed E-state index contributed by atoms with van der Waals surface area (Å²) < 4.78 is 40.4. The summed E-state index contributed by atoms with van der Waals surface area (Å²) in [4.78, 5) is 34.3. The van der Waals surface area contributed by atoms with Gasteiger partial charge in [0.1, 0.15) is 0 Å². The molecule has 7 nitrogen and oxygen atoms in total. The van der Waals surface area contributed by atoms with E-state index in [1.54, 1.807) is 43.7 Å². The van der Waals surface area contributed by atoms with Gasteiger partial charge in [-0.2, -0.15) is 13.2 Å². The van der Waals surface area contributed by atoms with Crippen molar-refractivity contribution in [3.63, 3.8) is 0 Å². The molecule has 2 N–H and O–H groups in total. The lowest BCUT2D eigenvalue weighted by Crippen LogP contribution is -2.25. The number of imidazole rings is 1. The third-order valence-corrected chi connectivity index (χ3v) is 6.44. The number of hydrogen-bond acceptors (Lipinski definition) is 4. The summed E-state index contributed by atoms with van der Waals surface area (Å²) >= 11 is 0. The van der Waals surface area contributed by atoms with Gasteiger partial charge in [-0.15, -0.1) is 0 Å². The molecule has 10 heteroatoms. The smallest absolute Gasteiger partial charge is 0.345 e. The Kier molecular flexibility index (Phi) is 7.64. The van der Waals surface area contributed by atoms with E-state index >= 15 is 0 Å². The van der Waals surface area contributed by atoms with Gasteiger partial charge in [-0.1, -0.05) is 54.6 Å². The molecule has 206 valence electrons. The first-order chi connectivity index (χ1) is 19.7. The molecule has 2 heterocycles. The highest BCUT2D eigenvalue weighted by Crippen LogP contribution is 2.32. The van der Waals surface area contributed by atoms with Crippen molar-refractivity contribution in [1.29, 1.82) is 0 Å². The van der Waals surface area contributed by atoms with E-state index in [0.717, 1.165) is 28.8 Å². The van der Waals surface area contributed by atoms with Crippen molar-refractivity contribution in [2.24, 2.45) is 7.05 Å². The minimum absolute atomic E-state index is 0.102. The maximum atomic E-state index is 13.1. The highest BCUT2D eigenvalue weighted by Gasteiger charge is 2.30. The molecule has 3 aromatic carbocycles. The molecule has 0 saturated carbocycles. The summed E-state index contributed by atoms with van der Waals surface area (Å²) in [5.74, 6) is -0.674. The zero-order chi connectivity index (χ0) is 29.0. The maximum absolute atomic E-state index is 13.1. The molecule has 5 aromatic rings. The molecular weight excluding hydrogens is 531 g/mol. The number of hydrogen-bond donors (Lipinski definition) is 2. The van der Waals surface area contributed by atoms with E-state index in [9.17, 15) is 22.8 Å². The number of aryl methyl sites for hydroxylation is 1. The Hall–Kier alpha value is -5.25. The molecule has 41 heavy (non-hydrogen) atoms. The third-order valence-electron chi connectivity index (χ3n) is 6.44. The third kappa shape index (κ3) is 6.33. The summed E-state index contributed by atoms with van der Waals surface area (Å²) in [6.07, 6.45) is 0.511. The highest BCUT2D eigenvalue weighted by atomic mass is 19.4. The van der Waals surface area contributed by atoms with Crippen LogP contribution in [0.2, 0.25) is 0 Å². The van der Waals surface area contributed by atoms with Crippen LogP contribution in [0.25, 0.3) is 22.3 Å². The number of nitrogens with zero attached hydrogens (tertiary/aromatic N) is 3. The lowest BCUT2D eigenvalue weighted by molar-refractivity contribution is -0.137. The van der Waals surface area contributed by atoms with Gasteiger partial charge in [0.05, 0.1) is 5.56 Å². The monoisotopic (exact) mass is 555 g/mol. The summed E-state index contributed by atoms with van der Waals surface area (Å²) in [6.45, 7) is 0.282. The Morgan fingerprint density at radius 1 is 0.805 bits per heavy atom. The molecule has 0 unspecified atom stereocenters. The fourth-order valence-corrected chi connectivity index (χ4v) is 4.31. The number of nitrogens with one attached hydrogen (secondary N) is 2. The van der Waals surface area contributed by atoms with Crippen LogP contribution in [0.3, 0.4) is 0 Å². The Morgan fingerprint density at radius 2 is 1.44 bits per heavy atom. The second-order valence-electron chi connectivity index (χ2n) is 9.25. The van der Waals surface area contributed by atoms with Crippen molar-refractivity contribution in [2.45, 2.75) is 12.7 Å². The van der Waals surface area contributed by atoms with Crippen LogP contribution in [0, 0.1) is 0 Å². The Labute approximate surface area is 233 Å². The molecule has 0 atom stereocenters. The van der Waals surface area contributed by atoms with Crippen molar-refractivity contribution in [1.82, 2.24) is 19.9 Å². The first-order valence-electron chi connectivity index (χ1n) is 12.6. The SMILES string of the molecule is Cn1cc(NC(=O)c2ccccc2-c2ccc(C(F)(F)F)cc2)nc1C(=O)NCc1ccc(-c2ccncc2)cc1. The summed E-state index contributed by atoms with van der Waals surface area (Å²) in [5, 5.41) is 5.51. The molecule has 0 aliphatic carbocycles. The van der Waals surface area contributed by atoms with Gasteiger partial charge in [0.15, 0.2) is 5.82 Å². The van der Waals surface area contributed by atoms with E-state index in [1.165, 1.54) is 22.9 Å². The first kappa shape index (κ1) is 27.3. The fraction of sp³-hybridized carbons (Fsp3) is 0.0968.